The molecule has 5 aromatic rings. The molecule has 1 aliphatic carbocycles. The number of nitrogens with zero attached hydrogens (tertiary/aromatic N) is 10. The van der Waals surface area contributed by atoms with Gasteiger partial charge < -0.3 is 24.6 Å². The highest BCUT2D eigenvalue weighted by Crippen LogP contribution is 2.36. The van der Waals surface area contributed by atoms with E-state index in [1.54, 1.807) is 22.5 Å². The Hall–Kier alpha value is -5.57. The van der Waals surface area contributed by atoms with Crippen LogP contribution in [0.25, 0.3) is 16.7 Å². The Bertz CT molecular complexity index is 2610. The van der Waals surface area contributed by atoms with E-state index in [1.807, 2.05) is 24.3 Å². The molecule has 20 heteroatoms. The predicted molar refractivity (Wildman–Crippen MR) is 226 cm³/mol. The molecule has 2 bridgehead atoms. The number of aryl methyl sites for hydroxylation is 1. The number of piperidine rings is 1. The van der Waals surface area contributed by atoms with Crippen molar-refractivity contribution in [2.45, 2.75) is 88.2 Å². The third kappa shape index (κ3) is 8.01. The van der Waals surface area contributed by atoms with Gasteiger partial charge in [0.15, 0.2) is 11.3 Å². The lowest BCUT2D eigenvalue weighted by Gasteiger charge is -2.36. The van der Waals surface area contributed by atoms with E-state index < -0.39 is 30.0 Å². The number of rotatable bonds is 12. The number of halogens is 2. The highest BCUT2D eigenvalue weighted by Gasteiger charge is 2.40. The Morgan fingerprint density at radius 3 is 2.65 bits per heavy atom. The van der Waals surface area contributed by atoms with Crippen molar-refractivity contribution < 1.29 is 32.6 Å². The minimum Gasteiger partial charge on any atom is -0.374 e. The normalized spacial score (nSPS) is 25.6. The maximum Gasteiger partial charge on any atom is 0.329 e. The van der Waals surface area contributed by atoms with E-state index in [0.29, 0.717) is 43.4 Å². The summed E-state index contributed by atoms with van der Waals surface area (Å²) < 4.78 is 46.9. The highest BCUT2D eigenvalue weighted by atomic mass is 19.3. The summed E-state index contributed by atoms with van der Waals surface area (Å²) in [6.07, 6.45) is 6.73. The smallest absolute Gasteiger partial charge is 0.329 e. The second kappa shape index (κ2) is 16.9. The number of alkyl halides is 2. The Morgan fingerprint density at radius 1 is 1.05 bits per heavy atom. The number of anilines is 2. The van der Waals surface area contributed by atoms with Crippen LogP contribution in [0.5, 0.6) is 0 Å². The van der Waals surface area contributed by atoms with Crippen LogP contribution in [-0.4, -0.2) is 132 Å². The van der Waals surface area contributed by atoms with Crippen LogP contribution in [0.4, 0.5) is 20.3 Å². The summed E-state index contributed by atoms with van der Waals surface area (Å²) in [6, 6.07) is 7.07. The molecule has 5 fully saturated rings. The van der Waals surface area contributed by atoms with Crippen molar-refractivity contribution in [2.24, 2.45) is 13.0 Å². The van der Waals surface area contributed by atoms with E-state index in [1.165, 1.54) is 21.5 Å². The number of benzene rings is 1. The minimum atomic E-state index is -2.87. The number of hydrogen-bond donors (Lipinski definition) is 2. The SMILES string of the molecule is CN(CC1CCC(n2cc(NC(=O)c3cnn4ccc(N5C[C@H]6C[C@@H]5CO6)nc34)c(C(F)F)n2)CC1)C[C@@H]1CN(Cc2cccc3c2n(C)c(=O)n3C2CCC(=O)NC2=O)CCO1. The van der Waals surface area contributed by atoms with Gasteiger partial charge in [-0.1, -0.05) is 12.1 Å². The van der Waals surface area contributed by atoms with Gasteiger partial charge in [-0.2, -0.15) is 10.2 Å². The number of para-hydroxylation sites is 1. The number of imide groups is 1. The van der Waals surface area contributed by atoms with E-state index in [0.717, 1.165) is 75.2 Å². The summed E-state index contributed by atoms with van der Waals surface area (Å²) in [7, 11) is 3.82. The average molecular weight is 871 g/mol. The van der Waals surface area contributed by atoms with Gasteiger partial charge in [-0.3, -0.25) is 38.4 Å². The topological polar surface area (TPSA) is 178 Å². The molecule has 0 radical (unpaired) electrons. The summed E-state index contributed by atoms with van der Waals surface area (Å²) in [4.78, 5) is 63.1. The summed E-state index contributed by atoms with van der Waals surface area (Å²) in [5.41, 5.74) is 2.20. The zero-order valence-corrected chi connectivity index (χ0v) is 35.4. The first kappa shape index (κ1) is 41.4. The molecule has 10 rings (SSSR count). The molecule has 1 unspecified atom stereocenters. The van der Waals surface area contributed by atoms with Gasteiger partial charge in [0.25, 0.3) is 12.3 Å². The fourth-order valence-electron chi connectivity index (χ4n) is 10.5. The summed E-state index contributed by atoms with van der Waals surface area (Å²) in [5.74, 6) is -0.213. The van der Waals surface area contributed by atoms with Crippen LogP contribution in [0.1, 0.15) is 85.1 Å². The fraction of sp³-hybridized carbons (Fsp3) is 0.558. The van der Waals surface area contributed by atoms with Gasteiger partial charge in [0, 0.05) is 65.1 Å². The van der Waals surface area contributed by atoms with E-state index >= 15 is 0 Å². The maximum atomic E-state index is 14.3. The van der Waals surface area contributed by atoms with Crippen LogP contribution in [0, 0.1) is 5.92 Å². The van der Waals surface area contributed by atoms with Gasteiger partial charge in [0.05, 0.1) is 60.4 Å². The van der Waals surface area contributed by atoms with Crippen LogP contribution in [0.2, 0.25) is 0 Å². The summed E-state index contributed by atoms with van der Waals surface area (Å²) >= 11 is 0. The van der Waals surface area contributed by atoms with Crippen LogP contribution >= 0.6 is 0 Å². The van der Waals surface area contributed by atoms with Crippen LogP contribution in [0.3, 0.4) is 0 Å². The lowest BCUT2D eigenvalue weighted by Crippen LogP contribution is -2.47. The zero-order valence-electron chi connectivity index (χ0n) is 35.4. The quantitative estimate of drug-likeness (QED) is 0.175. The molecule has 3 amide bonds. The first-order chi connectivity index (χ1) is 30.5. The molecule has 1 saturated carbocycles. The fourth-order valence-corrected chi connectivity index (χ4v) is 10.5. The molecular formula is C43H52F2N12O6. The van der Waals surface area contributed by atoms with Crippen molar-refractivity contribution in [3.05, 3.63) is 70.2 Å². The minimum absolute atomic E-state index is 0.0181. The van der Waals surface area contributed by atoms with Crippen LogP contribution < -0.4 is 21.2 Å². The first-order valence-corrected chi connectivity index (χ1v) is 21.9. The lowest BCUT2D eigenvalue weighted by atomic mass is 9.86. The van der Waals surface area contributed by atoms with E-state index in [-0.39, 0.29) is 60.0 Å². The maximum absolute atomic E-state index is 14.3. The second-order valence-corrected chi connectivity index (χ2v) is 17.9. The molecule has 63 heavy (non-hydrogen) atoms. The molecule has 2 N–H and O–H groups in total. The van der Waals surface area contributed by atoms with Gasteiger partial charge >= 0.3 is 5.69 Å². The van der Waals surface area contributed by atoms with Crippen molar-refractivity contribution in [1.29, 1.82) is 0 Å². The van der Waals surface area contributed by atoms with E-state index in [9.17, 15) is 28.0 Å². The number of imidazole rings is 1. The number of ether oxygens (including phenoxy) is 2. The largest absolute Gasteiger partial charge is 0.374 e. The van der Waals surface area contributed by atoms with Crippen molar-refractivity contribution in [1.82, 2.24) is 48.6 Å². The number of hydrogen-bond acceptors (Lipinski definition) is 12. The molecule has 4 aromatic heterocycles. The molecule has 4 atom stereocenters. The predicted octanol–water partition coefficient (Wildman–Crippen LogP) is 3.29. The molecule has 4 aliphatic heterocycles. The van der Waals surface area contributed by atoms with Gasteiger partial charge in [0.2, 0.25) is 11.8 Å². The Labute approximate surface area is 361 Å². The van der Waals surface area contributed by atoms with Crippen molar-refractivity contribution in [2.75, 3.05) is 63.2 Å². The zero-order chi connectivity index (χ0) is 43.5. The number of fused-ring (bicyclic) bond motifs is 4. The number of carbonyl (C=O) groups is 3. The van der Waals surface area contributed by atoms with Crippen LogP contribution in [-0.2, 0) is 32.7 Å². The van der Waals surface area contributed by atoms with Crippen molar-refractivity contribution in [3.8, 4) is 0 Å². The number of carbonyl (C=O) groups excluding carboxylic acids is 3. The van der Waals surface area contributed by atoms with Gasteiger partial charge in [-0.25, -0.2) is 23.1 Å². The third-order valence-corrected chi connectivity index (χ3v) is 13.6. The van der Waals surface area contributed by atoms with Gasteiger partial charge in [-0.15, -0.1) is 0 Å². The number of nitrogens with one attached hydrogen (secondary N) is 2. The van der Waals surface area contributed by atoms with Gasteiger partial charge in [-0.05, 0) is 69.2 Å². The summed E-state index contributed by atoms with van der Waals surface area (Å²) in [6.45, 7) is 5.62. The molecule has 1 aromatic carbocycles. The Balaban J connectivity index is 0.734. The van der Waals surface area contributed by atoms with E-state index in [4.69, 9.17) is 14.5 Å². The summed E-state index contributed by atoms with van der Waals surface area (Å²) in [5, 5.41) is 13.6. The molecule has 8 heterocycles. The molecule has 5 aliphatic rings. The van der Waals surface area contributed by atoms with E-state index in [2.05, 4.69) is 42.6 Å². The Kier molecular flexibility index (Phi) is 11.1. The molecular weight excluding hydrogens is 819 g/mol. The monoisotopic (exact) mass is 870 g/mol. The average Bonchev–Trinajstić information content (AvgIpc) is 4.11. The molecule has 4 saturated heterocycles. The standard InChI is InChI=1S/C43H52F2N12O6/c1-51(20-30-21-53(14-15-62-30)19-26-4-3-5-33-38(26)52(2)43(61)57(33)34-10-11-36(58)49-42(34)60)18-25-6-8-27(9-7-25)56-23-32(37(50-56)39(44)45)47-41(59)31-17-46-55-13-12-35(48-40(31)55)54-22-29-16-28(54)24-63-29/h3-5,12-13,17,23,25,27-30,34,39H,6-11,14-16,18-22,24H2,1-2H3,(H,47,59)(H,49,58,60)/t25?,27?,28-,29-,30-,34?/m1/s1. The van der Waals surface area contributed by atoms with Gasteiger partial charge in [0.1, 0.15) is 17.4 Å². The molecule has 18 nitrogen and oxygen atoms in total. The highest BCUT2D eigenvalue weighted by molar-refractivity contribution is 6.08. The number of aromatic nitrogens is 7. The number of amides is 3. The first-order valence-electron chi connectivity index (χ1n) is 21.9. The number of morpholine rings is 2. The van der Waals surface area contributed by atoms with Crippen molar-refractivity contribution in [3.63, 3.8) is 0 Å². The Morgan fingerprint density at radius 2 is 1.89 bits per heavy atom. The third-order valence-electron chi connectivity index (χ3n) is 13.6. The lowest BCUT2D eigenvalue weighted by molar-refractivity contribution is -0.135. The van der Waals surface area contributed by atoms with Crippen molar-refractivity contribution >= 4 is 45.9 Å². The second-order valence-electron chi connectivity index (χ2n) is 17.9. The number of likely N-dealkylation sites (N-methyl/N-ethyl adjacent to an activating group) is 1. The molecule has 0 spiro atoms. The van der Waals surface area contributed by atoms with Crippen LogP contribution in [0.15, 0.2) is 47.7 Å². The molecule has 334 valence electrons.